The van der Waals surface area contributed by atoms with Crippen molar-refractivity contribution in [2.45, 2.75) is 19.1 Å². The van der Waals surface area contributed by atoms with Gasteiger partial charge in [0.2, 0.25) is 0 Å². The molecule has 16 heavy (non-hydrogen) atoms. The van der Waals surface area contributed by atoms with E-state index in [-0.39, 0.29) is 0 Å². The first kappa shape index (κ1) is 11.2. The minimum Gasteiger partial charge on any atom is -0.298 e. The van der Waals surface area contributed by atoms with E-state index in [0.29, 0.717) is 0 Å². The van der Waals surface area contributed by atoms with Gasteiger partial charge in [-0.05, 0) is 22.8 Å². The number of thioether (sulfide) groups is 1. The number of benzene rings is 2. The monoisotopic (exact) mass is 229 g/mol. The van der Waals surface area contributed by atoms with Gasteiger partial charge in [-0.15, -0.1) is 11.8 Å². The van der Waals surface area contributed by atoms with Crippen LogP contribution in [0.25, 0.3) is 10.8 Å². The first-order valence-corrected chi connectivity index (χ1v) is 6.46. The van der Waals surface area contributed by atoms with Crippen molar-refractivity contribution in [3.8, 4) is 0 Å². The second-order valence-electron chi connectivity index (χ2n) is 3.75. The van der Waals surface area contributed by atoms with Crippen LogP contribution in [0.1, 0.15) is 18.9 Å². The summed E-state index contributed by atoms with van der Waals surface area (Å²) in [5.74, 6) is 0.900. The zero-order valence-electron chi connectivity index (χ0n) is 9.36. The van der Waals surface area contributed by atoms with Crippen molar-refractivity contribution < 1.29 is 0 Å². The minimum atomic E-state index is 0.758. The molecule has 0 aliphatic carbocycles. The van der Waals surface area contributed by atoms with E-state index in [1.165, 1.54) is 16.3 Å². The smallest absolute Gasteiger partial charge is 0.0641 e. The molecule has 0 spiro atoms. The lowest BCUT2D eigenvalue weighted by Crippen LogP contribution is -1.88. The summed E-state index contributed by atoms with van der Waals surface area (Å²) in [5, 5.41) is 10.9. The van der Waals surface area contributed by atoms with E-state index in [1.54, 1.807) is 11.8 Å². The molecule has 0 heterocycles. The van der Waals surface area contributed by atoms with E-state index in [9.17, 15) is 0 Å². The van der Waals surface area contributed by atoms with Gasteiger partial charge < -0.3 is 0 Å². The fraction of sp³-hybridized carbons (Fsp3) is 0.214. The van der Waals surface area contributed by atoms with Crippen LogP contribution in [0, 0.1) is 5.41 Å². The number of nitrogens with one attached hydrogen (secondary N) is 1. The van der Waals surface area contributed by atoms with Gasteiger partial charge >= 0.3 is 0 Å². The molecule has 0 saturated carbocycles. The molecule has 0 aliphatic heterocycles. The summed E-state index contributed by atoms with van der Waals surface area (Å²) < 4.78 is 0. The van der Waals surface area contributed by atoms with E-state index in [2.05, 4.69) is 42.5 Å². The van der Waals surface area contributed by atoms with Crippen molar-refractivity contribution >= 4 is 27.6 Å². The Hall–Kier alpha value is -1.28. The zero-order valence-corrected chi connectivity index (χ0v) is 10.2. The third-order valence-electron chi connectivity index (χ3n) is 2.55. The van der Waals surface area contributed by atoms with E-state index >= 15 is 0 Å². The highest BCUT2D eigenvalue weighted by molar-refractivity contribution is 8.13. The third-order valence-corrected chi connectivity index (χ3v) is 3.66. The van der Waals surface area contributed by atoms with Crippen molar-refractivity contribution in [3.05, 3.63) is 48.0 Å². The Morgan fingerprint density at radius 3 is 2.62 bits per heavy atom. The largest absolute Gasteiger partial charge is 0.298 e. The van der Waals surface area contributed by atoms with Gasteiger partial charge in [-0.25, -0.2) is 0 Å². The van der Waals surface area contributed by atoms with Crippen molar-refractivity contribution in [2.75, 3.05) is 0 Å². The standard InChI is InChI=1S/C14H15NS/c1-2-14(15)16-10-11-7-8-12-5-3-4-6-13(12)9-11/h3-9,15H,2,10H2,1H3. The quantitative estimate of drug-likeness (QED) is 0.609. The lowest BCUT2D eigenvalue weighted by molar-refractivity contribution is 1.28. The average Bonchev–Trinajstić information content (AvgIpc) is 2.35. The lowest BCUT2D eigenvalue weighted by atomic mass is 10.1. The van der Waals surface area contributed by atoms with Gasteiger partial charge in [0.15, 0.2) is 0 Å². The lowest BCUT2D eigenvalue weighted by Gasteiger charge is -2.03. The van der Waals surface area contributed by atoms with Gasteiger partial charge in [-0.2, -0.15) is 0 Å². The molecule has 0 unspecified atom stereocenters. The van der Waals surface area contributed by atoms with Crippen LogP contribution in [0.5, 0.6) is 0 Å². The Bertz CT molecular complexity index is 505. The molecule has 0 aliphatic rings. The Kier molecular flexibility index (Phi) is 3.62. The maximum absolute atomic E-state index is 7.61. The van der Waals surface area contributed by atoms with E-state index < -0.39 is 0 Å². The highest BCUT2D eigenvalue weighted by Crippen LogP contribution is 2.20. The fourth-order valence-corrected chi connectivity index (χ4v) is 2.33. The second kappa shape index (κ2) is 5.17. The summed E-state index contributed by atoms with van der Waals surface area (Å²) in [6.07, 6.45) is 0.832. The zero-order chi connectivity index (χ0) is 11.4. The summed E-state index contributed by atoms with van der Waals surface area (Å²) in [5.41, 5.74) is 1.29. The predicted octanol–water partition coefficient (Wildman–Crippen LogP) is 4.46. The van der Waals surface area contributed by atoms with E-state index in [1.807, 2.05) is 6.92 Å². The van der Waals surface area contributed by atoms with Crippen LogP contribution >= 0.6 is 11.8 Å². The normalized spacial score (nSPS) is 10.6. The van der Waals surface area contributed by atoms with Crippen LogP contribution in [0.4, 0.5) is 0 Å². The second-order valence-corrected chi connectivity index (χ2v) is 4.82. The van der Waals surface area contributed by atoms with Gasteiger partial charge in [0.05, 0.1) is 5.04 Å². The molecule has 0 amide bonds. The van der Waals surface area contributed by atoms with Crippen LogP contribution in [-0.4, -0.2) is 5.04 Å². The van der Waals surface area contributed by atoms with Crippen LogP contribution in [0.15, 0.2) is 42.5 Å². The van der Waals surface area contributed by atoms with Crippen LogP contribution in [0.3, 0.4) is 0 Å². The van der Waals surface area contributed by atoms with Gasteiger partial charge in [0.25, 0.3) is 0 Å². The van der Waals surface area contributed by atoms with E-state index in [0.717, 1.165) is 17.2 Å². The summed E-state index contributed by atoms with van der Waals surface area (Å²) in [7, 11) is 0. The molecule has 0 aromatic heterocycles. The molecule has 0 radical (unpaired) electrons. The van der Waals surface area contributed by atoms with Crippen LogP contribution < -0.4 is 0 Å². The SMILES string of the molecule is CCC(=N)SCc1ccc2ccccc2c1. The minimum absolute atomic E-state index is 0.758. The summed E-state index contributed by atoms with van der Waals surface area (Å²) >= 11 is 1.62. The maximum Gasteiger partial charge on any atom is 0.0641 e. The first-order chi connectivity index (χ1) is 7.79. The topological polar surface area (TPSA) is 23.9 Å². The first-order valence-electron chi connectivity index (χ1n) is 5.47. The third kappa shape index (κ3) is 2.64. The molecule has 0 bridgehead atoms. The van der Waals surface area contributed by atoms with Gasteiger partial charge in [-0.1, -0.05) is 49.4 Å². The maximum atomic E-state index is 7.61. The molecule has 1 N–H and O–H groups in total. The Labute approximate surface area is 100 Å². The molecule has 0 atom stereocenters. The number of hydrogen-bond acceptors (Lipinski definition) is 2. The van der Waals surface area contributed by atoms with Crippen molar-refractivity contribution in [1.82, 2.24) is 0 Å². The van der Waals surface area contributed by atoms with Crippen LogP contribution in [-0.2, 0) is 5.75 Å². The Morgan fingerprint density at radius 2 is 1.88 bits per heavy atom. The highest BCUT2D eigenvalue weighted by atomic mass is 32.2. The molecule has 0 fully saturated rings. The molecule has 2 rings (SSSR count). The molecular formula is C14H15NS. The fourth-order valence-electron chi connectivity index (χ4n) is 1.60. The predicted molar refractivity (Wildman–Crippen MR) is 73.3 cm³/mol. The molecule has 1 nitrogen and oxygen atoms in total. The van der Waals surface area contributed by atoms with Gasteiger partial charge in [-0.3, -0.25) is 5.41 Å². The average molecular weight is 229 g/mol. The van der Waals surface area contributed by atoms with Gasteiger partial charge in [0.1, 0.15) is 0 Å². The van der Waals surface area contributed by atoms with Crippen molar-refractivity contribution in [3.63, 3.8) is 0 Å². The number of fused-ring (bicyclic) bond motifs is 1. The number of rotatable bonds is 3. The summed E-state index contributed by atoms with van der Waals surface area (Å²) in [4.78, 5) is 0. The molecule has 0 saturated heterocycles. The van der Waals surface area contributed by atoms with Crippen molar-refractivity contribution in [1.29, 1.82) is 5.41 Å². The Morgan fingerprint density at radius 1 is 1.12 bits per heavy atom. The Balaban J connectivity index is 2.16. The molecule has 2 heteroatoms. The molecule has 2 aromatic carbocycles. The van der Waals surface area contributed by atoms with Crippen molar-refractivity contribution in [2.24, 2.45) is 0 Å². The molecule has 2 aromatic rings. The van der Waals surface area contributed by atoms with Crippen LogP contribution in [0.2, 0.25) is 0 Å². The highest BCUT2D eigenvalue weighted by Gasteiger charge is 1.98. The summed E-state index contributed by atoms with van der Waals surface area (Å²) in [6.45, 7) is 2.02. The molecule has 82 valence electrons. The van der Waals surface area contributed by atoms with Gasteiger partial charge in [0, 0.05) is 5.75 Å². The molecular weight excluding hydrogens is 214 g/mol. The summed E-state index contributed by atoms with van der Waals surface area (Å²) in [6, 6.07) is 14.9. The van der Waals surface area contributed by atoms with E-state index in [4.69, 9.17) is 5.41 Å². The number of hydrogen-bond donors (Lipinski definition) is 1.